The molecule has 0 spiro atoms. The Labute approximate surface area is 172 Å². The Kier molecular flexibility index (Phi) is 5.09. The summed E-state index contributed by atoms with van der Waals surface area (Å²) in [6.07, 6.45) is 0.840. The summed E-state index contributed by atoms with van der Waals surface area (Å²) in [5.41, 5.74) is 0.616. The van der Waals surface area contributed by atoms with Crippen molar-refractivity contribution in [1.82, 2.24) is 0 Å². The number of carbonyl (C=O) groups is 1. The van der Waals surface area contributed by atoms with Gasteiger partial charge in [-0.1, -0.05) is 48.5 Å². The highest BCUT2D eigenvalue weighted by molar-refractivity contribution is 7.97. The zero-order valence-electron chi connectivity index (χ0n) is 15.5. The number of hydrogen-bond donors (Lipinski definition) is 1. The monoisotopic (exact) mass is 426 g/mol. The average molecular weight is 426 g/mol. The lowest BCUT2D eigenvalue weighted by atomic mass is 10.1. The Hall–Kier alpha value is -3.52. The van der Waals surface area contributed by atoms with E-state index in [9.17, 15) is 22.0 Å². The van der Waals surface area contributed by atoms with Crippen molar-refractivity contribution >= 4 is 27.2 Å². The van der Waals surface area contributed by atoms with Gasteiger partial charge in [-0.05, 0) is 29.8 Å². The number of benzene rings is 3. The molecule has 152 valence electrons. The molecule has 1 aliphatic rings. The fraction of sp³-hybridized carbons (Fsp3) is 0.0455. The van der Waals surface area contributed by atoms with Gasteiger partial charge in [-0.15, -0.1) is 0 Å². The van der Waals surface area contributed by atoms with Crippen LogP contribution in [0.2, 0.25) is 0 Å². The molecule has 0 aromatic heterocycles. The standard InChI is InChI=1S/C22H16F2N2O3S/c23-17-10-6-11-18(24)21(17)25-13-20-22(27)16-9-4-5-12-19(16)26(30(20,28)29)14-15-7-2-1-3-8-15/h1-13,25H,14H2/b20-13-. The van der Waals surface area contributed by atoms with Crippen molar-refractivity contribution in [2.24, 2.45) is 0 Å². The molecule has 1 N–H and O–H groups in total. The number of Topliss-reactive ketones (excluding diaryl/α,β-unsaturated/α-hetero) is 1. The molecule has 0 saturated carbocycles. The molecule has 0 atom stereocenters. The molecule has 3 aromatic rings. The number of hydrogen-bond acceptors (Lipinski definition) is 4. The van der Waals surface area contributed by atoms with E-state index in [2.05, 4.69) is 5.32 Å². The van der Waals surface area contributed by atoms with Crippen molar-refractivity contribution < 1.29 is 22.0 Å². The Morgan fingerprint density at radius 1 is 0.867 bits per heavy atom. The number of sulfonamides is 1. The maximum atomic E-state index is 13.9. The van der Waals surface area contributed by atoms with Gasteiger partial charge >= 0.3 is 0 Å². The number of rotatable bonds is 4. The second-order valence-electron chi connectivity index (χ2n) is 6.59. The molecule has 1 aliphatic heterocycles. The van der Waals surface area contributed by atoms with E-state index in [1.165, 1.54) is 12.1 Å². The zero-order chi connectivity index (χ0) is 21.3. The summed E-state index contributed by atoms with van der Waals surface area (Å²) in [6, 6.07) is 18.5. The second kappa shape index (κ2) is 7.72. The lowest BCUT2D eigenvalue weighted by Crippen LogP contribution is -2.39. The normalized spacial score (nSPS) is 16.4. The lowest BCUT2D eigenvalue weighted by molar-refractivity contribution is 0.104. The van der Waals surface area contributed by atoms with Crippen molar-refractivity contribution in [3.05, 3.63) is 107 Å². The predicted octanol–water partition coefficient (Wildman–Crippen LogP) is 4.45. The van der Waals surface area contributed by atoms with Gasteiger partial charge in [0.25, 0.3) is 10.0 Å². The van der Waals surface area contributed by atoms with Gasteiger partial charge in [0, 0.05) is 11.8 Å². The molecule has 3 aromatic carbocycles. The van der Waals surface area contributed by atoms with Crippen molar-refractivity contribution in [3.63, 3.8) is 0 Å². The van der Waals surface area contributed by atoms with E-state index in [-0.39, 0.29) is 17.8 Å². The van der Waals surface area contributed by atoms with E-state index < -0.39 is 38.0 Å². The van der Waals surface area contributed by atoms with Crippen LogP contribution in [-0.4, -0.2) is 14.2 Å². The maximum Gasteiger partial charge on any atom is 0.270 e. The third kappa shape index (κ3) is 3.46. The first-order chi connectivity index (χ1) is 14.4. The van der Waals surface area contributed by atoms with Gasteiger partial charge in [0.15, 0.2) is 4.91 Å². The van der Waals surface area contributed by atoms with E-state index in [1.807, 2.05) is 6.07 Å². The van der Waals surface area contributed by atoms with Crippen molar-refractivity contribution in [3.8, 4) is 0 Å². The van der Waals surface area contributed by atoms with E-state index in [0.29, 0.717) is 0 Å². The number of halogens is 2. The van der Waals surface area contributed by atoms with Crippen LogP contribution in [0, 0.1) is 11.6 Å². The Morgan fingerprint density at radius 3 is 2.20 bits per heavy atom. The first kappa shape index (κ1) is 19.8. The fourth-order valence-electron chi connectivity index (χ4n) is 3.21. The number of para-hydroxylation sites is 2. The SMILES string of the molecule is O=C1/C(=C/Nc2c(F)cccc2F)S(=O)(=O)N(Cc2ccccc2)c2ccccc21. The van der Waals surface area contributed by atoms with Crippen molar-refractivity contribution in [2.45, 2.75) is 6.54 Å². The summed E-state index contributed by atoms with van der Waals surface area (Å²) in [4.78, 5) is 12.3. The minimum atomic E-state index is -4.28. The van der Waals surface area contributed by atoms with Crippen LogP contribution < -0.4 is 9.62 Å². The summed E-state index contributed by atoms with van der Waals surface area (Å²) in [7, 11) is -4.28. The van der Waals surface area contributed by atoms with Crippen molar-refractivity contribution in [1.29, 1.82) is 0 Å². The second-order valence-corrected chi connectivity index (χ2v) is 8.42. The molecule has 4 rings (SSSR count). The predicted molar refractivity (Wildman–Crippen MR) is 110 cm³/mol. The first-order valence-electron chi connectivity index (χ1n) is 9.00. The molecule has 0 radical (unpaired) electrons. The number of nitrogens with zero attached hydrogens (tertiary/aromatic N) is 1. The number of ketones is 1. The molecule has 0 bridgehead atoms. The van der Waals surface area contributed by atoms with E-state index in [0.717, 1.165) is 28.2 Å². The molecule has 5 nitrogen and oxygen atoms in total. The zero-order valence-corrected chi connectivity index (χ0v) is 16.4. The van der Waals surface area contributed by atoms with Crippen LogP contribution in [0.15, 0.2) is 83.9 Å². The van der Waals surface area contributed by atoms with Gasteiger partial charge in [0.2, 0.25) is 5.78 Å². The summed E-state index contributed by atoms with van der Waals surface area (Å²) in [5.74, 6) is -2.57. The van der Waals surface area contributed by atoms with Gasteiger partial charge in [0.05, 0.1) is 12.2 Å². The maximum absolute atomic E-state index is 13.9. The van der Waals surface area contributed by atoms with E-state index in [1.54, 1.807) is 42.5 Å². The van der Waals surface area contributed by atoms with Gasteiger partial charge in [-0.3, -0.25) is 9.10 Å². The van der Waals surface area contributed by atoms with E-state index in [4.69, 9.17) is 0 Å². The lowest BCUT2D eigenvalue weighted by Gasteiger charge is -2.31. The minimum Gasteiger partial charge on any atom is -0.355 e. The van der Waals surface area contributed by atoms with E-state index >= 15 is 0 Å². The first-order valence-corrected chi connectivity index (χ1v) is 10.4. The number of fused-ring (bicyclic) bond motifs is 1. The number of nitrogens with one attached hydrogen (secondary N) is 1. The molecule has 0 fully saturated rings. The van der Waals surface area contributed by atoms with Gasteiger partial charge in [-0.25, -0.2) is 17.2 Å². The highest BCUT2D eigenvalue weighted by Crippen LogP contribution is 2.36. The molecular formula is C22H16F2N2O3S. The smallest absolute Gasteiger partial charge is 0.270 e. The minimum absolute atomic E-state index is 0.00113. The molecule has 0 saturated heterocycles. The molecule has 1 heterocycles. The van der Waals surface area contributed by atoms with Crippen LogP contribution in [0.1, 0.15) is 15.9 Å². The van der Waals surface area contributed by atoms with Crippen LogP contribution in [0.3, 0.4) is 0 Å². The molecule has 0 unspecified atom stereocenters. The summed E-state index contributed by atoms with van der Waals surface area (Å²) >= 11 is 0. The summed E-state index contributed by atoms with van der Waals surface area (Å²) < 4.78 is 55.5. The Bertz CT molecular complexity index is 1240. The van der Waals surface area contributed by atoms with Crippen LogP contribution >= 0.6 is 0 Å². The highest BCUT2D eigenvalue weighted by Gasteiger charge is 2.40. The van der Waals surface area contributed by atoms with Crippen LogP contribution in [0.5, 0.6) is 0 Å². The number of carbonyl (C=O) groups excluding carboxylic acids is 1. The molecule has 0 amide bonds. The summed E-state index contributed by atoms with van der Waals surface area (Å²) in [6.45, 7) is -0.00113. The van der Waals surface area contributed by atoms with Gasteiger partial charge in [0.1, 0.15) is 17.3 Å². The van der Waals surface area contributed by atoms with Gasteiger partial charge in [-0.2, -0.15) is 0 Å². The topological polar surface area (TPSA) is 66.5 Å². The molecule has 8 heteroatoms. The highest BCUT2D eigenvalue weighted by atomic mass is 32.2. The van der Waals surface area contributed by atoms with Crippen LogP contribution in [0.4, 0.5) is 20.2 Å². The van der Waals surface area contributed by atoms with Crippen LogP contribution in [0.25, 0.3) is 0 Å². The van der Waals surface area contributed by atoms with Crippen molar-refractivity contribution in [2.75, 3.05) is 9.62 Å². The molecular weight excluding hydrogens is 410 g/mol. The van der Waals surface area contributed by atoms with Crippen LogP contribution in [-0.2, 0) is 16.6 Å². The third-order valence-corrected chi connectivity index (χ3v) is 6.45. The van der Waals surface area contributed by atoms with Gasteiger partial charge < -0.3 is 5.32 Å². The average Bonchev–Trinajstić information content (AvgIpc) is 2.73. The Morgan fingerprint density at radius 2 is 1.50 bits per heavy atom. The largest absolute Gasteiger partial charge is 0.355 e. The number of anilines is 2. The molecule has 0 aliphatic carbocycles. The fourth-order valence-corrected chi connectivity index (χ4v) is 4.74. The Balaban J connectivity index is 1.81. The third-order valence-electron chi connectivity index (χ3n) is 4.69. The number of allylic oxidation sites excluding steroid dienone is 1. The quantitative estimate of drug-likeness (QED) is 0.626. The summed E-state index contributed by atoms with van der Waals surface area (Å²) in [5, 5.41) is 2.31. The molecule has 30 heavy (non-hydrogen) atoms.